The number of nitrogens with one attached hydrogen (secondary N) is 1. The number of amides is 1. The van der Waals surface area contributed by atoms with Gasteiger partial charge in [0, 0.05) is 6.04 Å². The molecule has 0 fully saturated rings. The van der Waals surface area contributed by atoms with E-state index in [9.17, 15) is 4.79 Å². The molecular formula is C13H16BNO. The molecule has 0 bridgehead atoms. The van der Waals surface area contributed by atoms with Crippen molar-refractivity contribution in [3.05, 3.63) is 42.0 Å². The maximum absolute atomic E-state index is 10.8. The zero-order valence-electron chi connectivity index (χ0n) is 9.52. The van der Waals surface area contributed by atoms with Crippen LogP contribution in [-0.2, 0) is 0 Å². The molecule has 16 heavy (non-hydrogen) atoms. The van der Waals surface area contributed by atoms with Gasteiger partial charge in [0.15, 0.2) is 5.81 Å². The molecule has 0 saturated carbocycles. The fourth-order valence-electron chi connectivity index (χ4n) is 1.50. The minimum absolute atomic E-state index is 0.0164. The van der Waals surface area contributed by atoms with Crippen LogP contribution in [0.25, 0.3) is 6.08 Å². The van der Waals surface area contributed by atoms with Crippen LogP contribution < -0.4 is 5.32 Å². The standard InChI is InChI=1S/C13H16BNO/c1-2-6-12(15-13(14)16)10-9-11-7-4-3-5-8-11/h3-5,7-10,12H,2,6H2,1H3,(H,15,16)/t12-/m0/s1. The van der Waals surface area contributed by atoms with E-state index in [1.807, 2.05) is 42.5 Å². The zero-order valence-corrected chi connectivity index (χ0v) is 9.52. The monoisotopic (exact) mass is 213 g/mol. The van der Waals surface area contributed by atoms with Crippen LogP contribution in [0.1, 0.15) is 25.3 Å². The van der Waals surface area contributed by atoms with Gasteiger partial charge < -0.3 is 5.32 Å². The summed E-state index contributed by atoms with van der Waals surface area (Å²) in [5.74, 6) is -0.476. The highest BCUT2D eigenvalue weighted by atomic mass is 16.1. The second kappa shape index (κ2) is 6.88. The molecule has 1 aromatic carbocycles. The van der Waals surface area contributed by atoms with Gasteiger partial charge in [0.1, 0.15) is 0 Å². The van der Waals surface area contributed by atoms with Gasteiger partial charge in [0.25, 0.3) is 0 Å². The Hall–Kier alpha value is -1.51. The minimum Gasteiger partial charge on any atom is -0.360 e. The van der Waals surface area contributed by atoms with E-state index >= 15 is 0 Å². The van der Waals surface area contributed by atoms with Crippen LogP contribution in [-0.4, -0.2) is 19.7 Å². The van der Waals surface area contributed by atoms with E-state index in [1.54, 1.807) is 0 Å². The minimum atomic E-state index is -0.476. The predicted octanol–water partition coefficient (Wildman–Crippen LogP) is 2.75. The quantitative estimate of drug-likeness (QED) is 0.748. The lowest BCUT2D eigenvalue weighted by molar-refractivity contribution is 0.257. The normalized spacial score (nSPS) is 12.6. The summed E-state index contributed by atoms with van der Waals surface area (Å²) in [6.07, 6.45) is 5.87. The van der Waals surface area contributed by atoms with E-state index in [0.717, 1.165) is 18.4 Å². The fourth-order valence-corrected chi connectivity index (χ4v) is 1.50. The van der Waals surface area contributed by atoms with Gasteiger partial charge in [-0.1, -0.05) is 55.8 Å². The number of rotatable bonds is 5. The predicted molar refractivity (Wildman–Crippen MR) is 68.5 cm³/mol. The SMILES string of the molecule is [B]C(=O)N[C@H](C=Cc1ccccc1)CCC. The smallest absolute Gasteiger partial charge is 0.200 e. The van der Waals surface area contributed by atoms with Gasteiger partial charge in [0.2, 0.25) is 7.85 Å². The molecule has 0 aliphatic heterocycles. The Bertz CT molecular complexity index is 348. The summed E-state index contributed by atoms with van der Waals surface area (Å²) in [7, 11) is 5.11. The first kappa shape index (κ1) is 12.6. The third kappa shape index (κ3) is 4.83. The molecule has 0 aromatic heterocycles. The van der Waals surface area contributed by atoms with Crippen molar-refractivity contribution in [1.29, 1.82) is 0 Å². The first-order valence-electron chi connectivity index (χ1n) is 5.51. The van der Waals surface area contributed by atoms with E-state index in [2.05, 4.69) is 12.2 Å². The molecule has 1 N–H and O–H groups in total. The summed E-state index contributed by atoms with van der Waals surface area (Å²) in [5.41, 5.74) is 1.12. The molecule has 0 aliphatic carbocycles. The molecular weight excluding hydrogens is 197 g/mol. The van der Waals surface area contributed by atoms with Gasteiger partial charge in [0.05, 0.1) is 0 Å². The van der Waals surface area contributed by atoms with Crippen molar-refractivity contribution in [1.82, 2.24) is 5.32 Å². The van der Waals surface area contributed by atoms with Crippen molar-refractivity contribution >= 4 is 19.7 Å². The molecule has 1 amide bonds. The van der Waals surface area contributed by atoms with Crippen LogP contribution in [0.4, 0.5) is 4.79 Å². The van der Waals surface area contributed by atoms with Crippen molar-refractivity contribution in [2.24, 2.45) is 0 Å². The Balaban J connectivity index is 2.60. The first-order chi connectivity index (χ1) is 7.72. The molecule has 0 spiro atoms. The summed E-state index contributed by atoms with van der Waals surface area (Å²) in [6.45, 7) is 2.08. The molecule has 0 aliphatic rings. The van der Waals surface area contributed by atoms with Crippen molar-refractivity contribution in [2.75, 3.05) is 0 Å². The number of hydrogen-bond donors (Lipinski definition) is 1. The molecule has 1 rings (SSSR count). The van der Waals surface area contributed by atoms with Crippen LogP contribution in [0.15, 0.2) is 36.4 Å². The third-order valence-corrected chi connectivity index (χ3v) is 2.25. The molecule has 82 valence electrons. The van der Waals surface area contributed by atoms with E-state index in [-0.39, 0.29) is 6.04 Å². The van der Waals surface area contributed by atoms with Crippen LogP contribution in [0.2, 0.25) is 0 Å². The number of hydrogen-bond acceptors (Lipinski definition) is 1. The van der Waals surface area contributed by atoms with Gasteiger partial charge in [-0.15, -0.1) is 0 Å². The maximum atomic E-state index is 10.8. The Morgan fingerprint density at radius 2 is 2.12 bits per heavy atom. The summed E-state index contributed by atoms with van der Waals surface area (Å²) < 4.78 is 0. The summed E-state index contributed by atoms with van der Waals surface area (Å²) >= 11 is 0. The van der Waals surface area contributed by atoms with E-state index < -0.39 is 5.81 Å². The molecule has 1 atom stereocenters. The second-order valence-electron chi connectivity index (χ2n) is 3.67. The molecule has 0 unspecified atom stereocenters. The van der Waals surface area contributed by atoms with Crippen LogP contribution in [0.3, 0.4) is 0 Å². The highest BCUT2D eigenvalue weighted by Crippen LogP contribution is 2.05. The first-order valence-corrected chi connectivity index (χ1v) is 5.51. The number of carbonyl (C=O) groups is 1. The van der Waals surface area contributed by atoms with E-state index in [1.165, 1.54) is 0 Å². The lowest BCUT2D eigenvalue weighted by atomic mass is 10.1. The van der Waals surface area contributed by atoms with E-state index in [0.29, 0.717) is 0 Å². The molecule has 1 aromatic rings. The average molecular weight is 213 g/mol. The van der Waals surface area contributed by atoms with E-state index in [4.69, 9.17) is 7.85 Å². The van der Waals surface area contributed by atoms with Crippen molar-refractivity contribution in [2.45, 2.75) is 25.8 Å². The summed E-state index contributed by atoms with van der Waals surface area (Å²) in [6, 6.07) is 9.99. The molecule has 3 heteroatoms. The largest absolute Gasteiger partial charge is 0.360 e. The Morgan fingerprint density at radius 3 is 2.69 bits per heavy atom. The molecule has 0 heterocycles. The molecule has 2 nitrogen and oxygen atoms in total. The van der Waals surface area contributed by atoms with Crippen LogP contribution in [0, 0.1) is 0 Å². The Labute approximate surface area is 98.2 Å². The van der Waals surface area contributed by atoms with Crippen molar-refractivity contribution in [3.8, 4) is 0 Å². The maximum Gasteiger partial charge on any atom is 0.200 e. The molecule has 2 radical (unpaired) electrons. The fraction of sp³-hybridized carbons (Fsp3) is 0.308. The number of carbonyl (C=O) groups excluding carboxylic acids is 1. The van der Waals surface area contributed by atoms with Gasteiger partial charge in [-0.3, -0.25) is 4.79 Å². The highest BCUT2D eigenvalue weighted by molar-refractivity contribution is 6.57. The number of benzene rings is 1. The second-order valence-corrected chi connectivity index (χ2v) is 3.67. The van der Waals surface area contributed by atoms with Gasteiger partial charge in [-0.05, 0) is 12.0 Å². The van der Waals surface area contributed by atoms with Gasteiger partial charge >= 0.3 is 0 Å². The lowest BCUT2D eigenvalue weighted by Crippen LogP contribution is -2.32. The Kier molecular flexibility index (Phi) is 5.41. The van der Waals surface area contributed by atoms with Crippen molar-refractivity contribution < 1.29 is 4.79 Å². The molecule has 0 saturated heterocycles. The lowest BCUT2D eigenvalue weighted by Gasteiger charge is -2.12. The van der Waals surface area contributed by atoms with Crippen LogP contribution in [0.5, 0.6) is 0 Å². The third-order valence-electron chi connectivity index (χ3n) is 2.25. The summed E-state index contributed by atoms with van der Waals surface area (Å²) in [4.78, 5) is 10.8. The van der Waals surface area contributed by atoms with Crippen molar-refractivity contribution in [3.63, 3.8) is 0 Å². The van der Waals surface area contributed by atoms with Crippen LogP contribution >= 0.6 is 0 Å². The Morgan fingerprint density at radius 1 is 1.44 bits per heavy atom. The topological polar surface area (TPSA) is 29.1 Å². The van der Waals surface area contributed by atoms with Gasteiger partial charge in [-0.2, -0.15) is 0 Å². The zero-order chi connectivity index (χ0) is 11.8. The van der Waals surface area contributed by atoms with Gasteiger partial charge in [-0.25, -0.2) is 0 Å². The average Bonchev–Trinajstić information content (AvgIpc) is 2.27. The highest BCUT2D eigenvalue weighted by Gasteiger charge is 2.03. The summed E-state index contributed by atoms with van der Waals surface area (Å²) in [5, 5.41) is 2.70.